The molecule has 0 aliphatic carbocycles. The van der Waals surface area contributed by atoms with Gasteiger partial charge in [0.2, 0.25) is 0 Å². The number of likely N-dealkylation sites (N-methyl/N-ethyl adjacent to an activating group) is 1. The van der Waals surface area contributed by atoms with Gasteiger partial charge in [-0.2, -0.15) is 5.26 Å². The first-order valence-electron chi connectivity index (χ1n) is 5.20. The lowest BCUT2D eigenvalue weighted by Gasteiger charge is -2.32. The first kappa shape index (κ1) is 11.4. The maximum Gasteiger partial charge on any atom is 0.119 e. The number of piperidine rings is 1. The average Bonchev–Trinajstić information content (AvgIpc) is 2.19. The Morgan fingerprint density at radius 1 is 1.57 bits per heavy atom. The van der Waals surface area contributed by atoms with E-state index in [-0.39, 0.29) is 5.54 Å². The van der Waals surface area contributed by atoms with Crippen molar-refractivity contribution in [3.63, 3.8) is 0 Å². The van der Waals surface area contributed by atoms with Crippen LogP contribution in [0.2, 0.25) is 0 Å². The molecule has 4 heteroatoms. The Labute approximate surface area is 86.3 Å². The summed E-state index contributed by atoms with van der Waals surface area (Å²) < 4.78 is 0. The van der Waals surface area contributed by atoms with Gasteiger partial charge >= 0.3 is 0 Å². The van der Waals surface area contributed by atoms with Crippen LogP contribution in [-0.2, 0) is 0 Å². The van der Waals surface area contributed by atoms with Crippen molar-refractivity contribution in [2.45, 2.75) is 18.4 Å². The molecule has 0 aromatic heterocycles. The van der Waals surface area contributed by atoms with Gasteiger partial charge in [0.05, 0.1) is 6.07 Å². The molecule has 80 valence electrons. The molecular formula is C10H20N4. The zero-order valence-electron chi connectivity index (χ0n) is 9.14. The second-order valence-corrected chi connectivity index (χ2v) is 4.20. The maximum atomic E-state index is 9.14. The van der Waals surface area contributed by atoms with Crippen molar-refractivity contribution in [2.24, 2.45) is 0 Å². The molecular weight excluding hydrogens is 176 g/mol. The molecule has 1 rings (SSSR count). The quantitative estimate of drug-likeness (QED) is 0.653. The highest BCUT2D eigenvalue weighted by atomic mass is 15.1. The van der Waals surface area contributed by atoms with E-state index in [4.69, 9.17) is 5.26 Å². The average molecular weight is 196 g/mol. The fourth-order valence-electron chi connectivity index (χ4n) is 1.71. The Bertz CT molecular complexity index is 201. The van der Waals surface area contributed by atoms with Crippen LogP contribution in [0.15, 0.2) is 0 Å². The Hall–Kier alpha value is -0.630. The predicted octanol–water partition coefficient (Wildman–Crippen LogP) is -0.217. The fraction of sp³-hybridized carbons (Fsp3) is 0.900. The summed E-state index contributed by atoms with van der Waals surface area (Å²) >= 11 is 0. The van der Waals surface area contributed by atoms with Crippen molar-refractivity contribution < 1.29 is 0 Å². The van der Waals surface area contributed by atoms with Gasteiger partial charge in [-0.1, -0.05) is 0 Å². The van der Waals surface area contributed by atoms with E-state index < -0.39 is 0 Å². The van der Waals surface area contributed by atoms with Gasteiger partial charge in [-0.05, 0) is 33.5 Å². The molecule has 0 amide bonds. The highest BCUT2D eigenvalue weighted by molar-refractivity contribution is 5.10. The van der Waals surface area contributed by atoms with Crippen LogP contribution in [0.5, 0.6) is 0 Å². The lowest BCUT2D eigenvalue weighted by atomic mass is 9.92. The molecule has 1 aliphatic heterocycles. The molecule has 1 fully saturated rings. The SMILES string of the molecule is CN(C)CCNC1(C#N)CCCNC1. The molecule has 0 spiro atoms. The Balaban J connectivity index is 2.34. The van der Waals surface area contributed by atoms with Crippen LogP contribution in [-0.4, -0.2) is 50.7 Å². The molecule has 0 aromatic carbocycles. The number of hydrogen-bond acceptors (Lipinski definition) is 4. The number of nitrogens with one attached hydrogen (secondary N) is 2. The number of hydrogen-bond donors (Lipinski definition) is 2. The standard InChI is InChI=1S/C10H20N4/c1-14(2)7-6-13-10(8-11)4-3-5-12-9-10/h12-13H,3-7,9H2,1-2H3. The summed E-state index contributed by atoms with van der Waals surface area (Å²) in [5, 5.41) is 15.8. The third-order valence-corrected chi connectivity index (χ3v) is 2.62. The predicted molar refractivity (Wildman–Crippen MR) is 57.0 cm³/mol. The number of rotatable bonds is 4. The molecule has 0 radical (unpaired) electrons. The molecule has 1 aliphatic rings. The third-order valence-electron chi connectivity index (χ3n) is 2.62. The summed E-state index contributed by atoms with van der Waals surface area (Å²) in [6.07, 6.45) is 2.05. The van der Waals surface area contributed by atoms with Crippen LogP contribution in [0.4, 0.5) is 0 Å². The van der Waals surface area contributed by atoms with Crippen LogP contribution in [0, 0.1) is 11.3 Å². The first-order chi connectivity index (χ1) is 6.68. The summed E-state index contributed by atoms with van der Waals surface area (Å²) in [6.45, 7) is 3.67. The first-order valence-corrected chi connectivity index (χ1v) is 5.20. The van der Waals surface area contributed by atoms with Gasteiger partial charge in [-0.25, -0.2) is 0 Å². The van der Waals surface area contributed by atoms with E-state index in [2.05, 4.69) is 21.6 Å². The van der Waals surface area contributed by atoms with Crippen LogP contribution in [0.25, 0.3) is 0 Å². The van der Waals surface area contributed by atoms with Crippen LogP contribution in [0.3, 0.4) is 0 Å². The molecule has 0 bridgehead atoms. The van der Waals surface area contributed by atoms with Crippen molar-refractivity contribution in [2.75, 3.05) is 40.3 Å². The van der Waals surface area contributed by atoms with E-state index in [1.807, 2.05) is 14.1 Å². The van der Waals surface area contributed by atoms with E-state index >= 15 is 0 Å². The van der Waals surface area contributed by atoms with Crippen molar-refractivity contribution >= 4 is 0 Å². The summed E-state index contributed by atoms with van der Waals surface area (Å²) in [5.41, 5.74) is -0.325. The van der Waals surface area contributed by atoms with E-state index in [0.29, 0.717) is 0 Å². The highest BCUT2D eigenvalue weighted by Gasteiger charge is 2.30. The molecule has 0 aromatic rings. The topological polar surface area (TPSA) is 51.1 Å². The summed E-state index contributed by atoms with van der Waals surface area (Å²) in [7, 11) is 4.08. The number of nitrogens with zero attached hydrogens (tertiary/aromatic N) is 2. The molecule has 0 saturated carbocycles. The fourth-order valence-corrected chi connectivity index (χ4v) is 1.71. The highest BCUT2D eigenvalue weighted by Crippen LogP contribution is 2.14. The van der Waals surface area contributed by atoms with Crippen molar-refractivity contribution in [1.82, 2.24) is 15.5 Å². The van der Waals surface area contributed by atoms with Gasteiger partial charge < -0.3 is 10.2 Å². The van der Waals surface area contributed by atoms with E-state index in [1.165, 1.54) is 0 Å². The molecule has 4 nitrogen and oxygen atoms in total. The Morgan fingerprint density at radius 3 is 2.86 bits per heavy atom. The van der Waals surface area contributed by atoms with E-state index in [0.717, 1.165) is 39.0 Å². The summed E-state index contributed by atoms with van der Waals surface area (Å²) in [6, 6.07) is 2.40. The zero-order valence-corrected chi connectivity index (χ0v) is 9.14. The smallest absolute Gasteiger partial charge is 0.119 e. The van der Waals surface area contributed by atoms with Crippen LogP contribution >= 0.6 is 0 Å². The summed E-state index contributed by atoms with van der Waals surface area (Å²) in [5.74, 6) is 0. The van der Waals surface area contributed by atoms with Gasteiger partial charge in [0.25, 0.3) is 0 Å². The lowest BCUT2D eigenvalue weighted by Crippen LogP contribution is -2.55. The monoisotopic (exact) mass is 196 g/mol. The minimum absolute atomic E-state index is 0.325. The van der Waals surface area contributed by atoms with Gasteiger partial charge in [0.1, 0.15) is 5.54 Å². The minimum Gasteiger partial charge on any atom is -0.314 e. The second-order valence-electron chi connectivity index (χ2n) is 4.20. The van der Waals surface area contributed by atoms with Crippen molar-refractivity contribution in [3.05, 3.63) is 0 Å². The summed E-state index contributed by atoms with van der Waals surface area (Å²) in [4.78, 5) is 2.12. The molecule has 14 heavy (non-hydrogen) atoms. The van der Waals surface area contributed by atoms with E-state index in [1.54, 1.807) is 0 Å². The largest absolute Gasteiger partial charge is 0.314 e. The second kappa shape index (κ2) is 5.30. The van der Waals surface area contributed by atoms with Gasteiger partial charge in [0.15, 0.2) is 0 Å². The van der Waals surface area contributed by atoms with E-state index in [9.17, 15) is 0 Å². The minimum atomic E-state index is -0.325. The van der Waals surface area contributed by atoms with Gasteiger partial charge in [-0.3, -0.25) is 5.32 Å². The molecule has 1 atom stereocenters. The van der Waals surface area contributed by atoms with Gasteiger partial charge in [-0.15, -0.1) is 0 Å². The normalized spacial score (nSPS) is 27.6. The van der Waals surface area contributed by atoms with Crippen LogP contribution in [0.1, 0.15) is 12.8 Å². The Morgan fingerprint density at radius 2 is 2.36 bits per heavy atom. The molecule has 1 saturated heterocycles. The maximum absolute atomic E-state index is 9.14. The Kier molecular flexibility index (Phi) is 4.33. The van der Waals surface area contributed by atoms with Crippen molar-refractivity contribution in [3.8, 4) is 6.07 Å². The lowest BCUT2D eigenvalue weighted by molar-refractivity contribution is 0.296. The van der Waals surface area contributed by atoms with Crippen molar-refractivity contribution in [1.29, 1.82) is 5.26 Å². The van der Waals surface area contributed by atoms with Gasteiger partial charge in [0, 0.05) is 19.6 Å². The molecule has 1 heterocycles. The number of nitriles is 1. The van der Waals surface area contributed by atoms with Crippen LogP contribution < -0.4 is 10.6 Å². The third kappa shape index (κ3) is 3.26. The molecule has 1 unspecified atom stereocenters. The molecule has 2 N–H and O–H groups in total. The zero-order chi connectivity index (χ0) is 10.4.